The van der Waals surface area contributed by atoms with Gasteiger partial charge in [-0.2, -0.15) is 18.3 Å². The second-order valence-electron chi connectivity index (χ2n) is 7.99. The molecule has 1 amide bonds. The number of benzene rings is 1. The van der Waals surface area contributed by atoms with Gasteiger partial charge in [0.25, 0.3) is 5.91 Å². The number of rotatable bonds is 5. The molecule has 1 aliphatic rings. The van der Waals surface area contributed by atoms with E-state index in [1.54, 1.807) is 12.1 Å². The number of hydrogen-bond acceptors (Lipinski definition) is 4. The predicted molar refractivity (Wildman–Crippen MR) is 114 cm³/mol. The first-order valence-electron chi connectivity index (χ1n) is 10.6. The molecule has 10 heteroatoms. The van der Waals surface area contributed by atoms with Crippen molar-refractivity contribution in [2.45, 2.75) is 51.5 Å². The van der Waals surface area contributed by atoms with Crippen LogP contribution in [0.5, 0.6) is 0 Å². The number of carbonyl (C=O) groups excluding carboxylic acids is 1. The predicted octanol–water partition coefficient (Wildman–Crippen LogP) is 4.88. The van der Waals surface area contributed by atoms with Crippen molar-refractivity contribution >= 4 is 11.7 Å². The number of nitrogens with one attached hydrogen (secondary N) is 2. The topological polar surface area (TPSA) is 71.8 Å². The van der Waals surface area contributed by atoms with Crippen LogP contribution < -0.4 is 10.6 Å². The molecule has 4 rings (SSSR count). The molecule has 174 valence electrons. The van der Waals surface area contributed by atoms with Crippen LogP contribution in [0.1, 0.15) is 58.3 Å². The van der Waals surface area contributed by atoms with Gasteiger partial charge in [-0.1, -0.05) is 31.2 Å². The molecule has 33 heavy (non-hydrogen) atoms. The summed E-state index contributed by atoms with van der Waals surface area (Å²) in [6.07, 6.45) is -2.83. The Kier molecular flexibility index (Phi) is 6.09. The van der Waals surface area contributed by atoms with Gasteiger partial charge in [-0.3, -0.25) is 9.78 Å². The number of nitrogens with zero attached hydrogens (tertiary/aromatic N) is 3. The van der Waals surface area contributed by atoms with Gasteiger partial charge in [0.05, 0.1) is 30.2 Å². The van der Waals surface area contributed by atoms with Crippen LogP contribution >= 0.6 is 0 Å². The van der Waals surface area contributed by atoms with Crippen molar-refractivity contribution in [3.05, 3.63) is 76.5 Å². The van der Waals surface area contributed by atoms with Crippen molar-refractivity contribution < 1.29 is 22.4 Å². The van der Waals surface area contributed by atoms with Crippen molar-refractivity contribution in [2.75, 3.05) is 5.32 Å². The van der Waals surface area contributed by atoms with Gasteiger partial charge in [0.1, 0.15) is 17.2 Å². The van der Waals surface area contributed by atoms with E-state index in [0.29, 0.717) is 11.3 Å². The largest absolute Gasteiger partial charge is 0.410 e. The maximum atomic E-state index is 13.8. The summed E-state index contributed by atoms with van der Waals surface area (Å²) in [5.74, 6) is -1.06. The minimum Gasteiger partial charge on any atom is -0.363 e. The van der Waals surface area contributed by atoms with Gasteiger partial charge in [-0.25, -0.2) is 9.07 Å². The highest BCUT2D eigenvalue weighted by molar-refractivity contribution is 5.98. The lowest BCUT2D eigenvalue weighted by Crippen LogP contribution is -2.36. The smallest absolute Gasteiger partial charge is 0.363 e. The fraction of sp³-hybridized carbons (Fsp3) is 0.348. The van der Waals surface area contributed by atoms with E-state index in [1.165, 1.54) is 19.1 Å². The molecule has 3 heterocycles. The Hall–Kier alpha value is -3.43. The molecule has 3 aromatic rings. The maximum Gasteiger partial charge on any atom is 0.410 e. The van der Waals surface area contributed by atoms with E-state index in [4.69, 9.17) is 0 Å². The number of pyridine rings is 1. The van der Waals surface area contributed by atoms with Crippen LogP contribution in [-0.4, -0.2) is 26.8 Å². The maximum absolute atomic E-state index is 13.8. The van der Waals surface area contributed by atoms with E-state index in [-0.39, 0.29) is 30.0 Å². The molecular weight excluding hydrogens is 438 g/mol. The highest BCUT2D eigenvalue weighted by Crippen LogP contribution is 2.44. The quantitative estimate of drug-likeness (QED) is 0.532. The minimum absolute atomic E-state index is 0.00189. The zero-order valence-electron chi connectivity index (χ0n) is 18.1. The monoisotopic (exact) mass is 461 g/mol. The lowest BCUT2D eigenvalue weighted by Gasteiger charge is -2.34. The van der Waals surface area contributed by atoms with E-state index in [0.717, 1.165) is 22.9 Å². The number of aryl methyl sites for hydroxylation is 2. The van der Waals surface area contributed by atoms with E-state index >= 15 is 0 Å². The molecule has 1 aliphatic heterocycles. The summed E-state index contributed by atoms with van der Waals surface area (Å²) in [6.45, 7) is 3.50. The first kappa shape index (κ1) is 22.8. The Labute approximate surface area is 188 Å². The van der Waals surface area contributed by atoms with Crippen molar-refractivity contribution in [1.82, 2.24) is 20.1 Å². The van der Waals surface area contributed by atoms with Gasteiger partial charge in [-0.15, -0.1) is 0 Å². The van der Waals surface area contributed by atoms with Gasteiger partial charge in [0.15, 0.2) is 6.04 Å². The molecular formula is C23H23F4N5O. The molecule has 0 spiro atoms. The van der Waals surface area contributed by atoms with Gasteiger partial charge >= 0.3 is 6.18 Å². The van der Waals surface area contributed by atoms with E-state index < -0.39 is 30.0 Å². The molecule has 0 saturated carbocycles. The number of hydrogen-bond donors (Lipinski definition) is 2. The molecule has 2 N–H and O–H groups in total. The van der Waals surface area contributed by atoms with E-state index in [9.17, 15) is 22.4 Å². The fourth-order valence-corrected chi connectivity index (χ4v) is 3.89. The third-order valence-electron chi connectivity index (χ3n) is 5.78. The number of anilines is 1. The molecule has 0 radical (unpaired) electrons. The van der Waals surface area contributed by atoms with Gasteiger partial charge in [-0.05, 0) is 36.6 Å². The molecule has 0 bridgehead atoms. The normalized spacial score (nSPS) is 17.9. The molecule has 1 aromatic carbocycles. The van der Waals surface area contributed by atoms with Crippen molar-refractivity contribution in [3.8, 4) is 0 Å². The molecule has 6 nitrogen and oxygen atoms in total. The summed E-state index contributed by atoms with van der Waals surface area (Å²) < 4.78 is 55.8. The van der Waals surface area contributed by atoms with Crippen LogP contribution in [0, 0.1) is 12.7 Å². The average molecular weight is 461 g/mol. The first-order chi connectivity index (χ1) is 15.7. The third-order valence-corrected chi connectivity index (χ3v) is 5.78. The number of halogens is 4. The summed E-state index contributed by atoms with van der Waals surface area (Å²) in [4.78, 5) is 16.8. The average Bonchev–Trinajstić information content (AvgIpc) is 3.22. The highest BCUT2D eigenvalue weighted by Gasteiger charge is 2.47. The lowest BCUT2D eigenvalue weighted by atomic mass is 9.95. The zero-order chi connectivity index (χ0) is 23.8. The molecule has 2 atom stereocenters. The molecule has 0 fully saturated rings. The molecule has 0 aliphatic carbocycles. The summed E-state index contributed by atoms with van der Waals surface area (Å²) in [5.41, 5.74) is 2.40. The van der Waals surface area contributed by atoms with Crippen molar-refractivity contribution in [3.63, 3.8) is 0 Å². The fourth-order valence-electron chi connectivity index (χ4n) is 3.89. The summed E-state index contributed by atoms with van der Waals surface area (Å²) in [6, 6.07) is 7.55. The minimum atomic E-state index is -4.53. The molecule has 2 unspecified atom stereocenters. The van der Waals surface area contributed by atoms with Crippen LogP contribution in [-0.2, 0) is 13.0 Å². The second kappa shape index (κ2) is 8.84. The van der Waals surface area contributed by atoms with Crippen LogP contribution in [0.4, 0.5) is 23.4 Å². The van der Waals surface area contributed by atoms with Gasteiger partial charge in [0.2, 0.25) is 0 Å². The van der Waals surface area contributed by atoms with Crippen LogP contribution in [0.2, 0.25) is 0 Å². The Morgan fingerprint density at radius 1 is 1.21 bits per heavy atom. The Balaban J connectivity index is 1.60. The molecule has 0 saturated heterocycles. The van der Waals surface area contributed by atoms with Crippen LogP contribution in [0.3, 0.4) is 0 Å². The number of aromatic nitrogens is 3. The van der Waals surface area contributed by atoms with Crippen LogP contribution in [0.15, 0.2) is 42.6 Å². The third kappa shape index (κ3) is 4.69. The number of carbonyl (C=O) groups is 1. The summed E-state index contributed by atoms with van der Waals surface area (Å²) in [7, 11) is 0. The standard InChI is InChI=1S/C23H23F4N5O/c1-3-14-4-6-15(7-5-14)19-10-20(23(25,26)27)32-21(31-19)17(12-29-32)22(33)28-11-16-8-9-18(24)13(2)30-16/h4-9,12,19-20,31H,3,10-11H2,1-2H3,(H,28,33). The Morgan fingerprint density at radius 3 is 2.58 bits per heavy atom. The second-order valence-corrected chi connectivity index (χ2v) is 7.99. The Morgan fingerprint density at radius 2 is 1.94 bits per heavy atom. The number of alkyl halides is 3. The van der Waals surface area contributed by atoms with Gasteiger partial charge < -0.3 is 10.6 Å². The Bertz CT molecular complexity index is 1160. The van der Waals surface area contributed by atoms with Crippen LogP contribution in [0.25, 0.3) is 0 Å². The van der Waals surface area contributed by atoms with Crippen molar-refractivity contribution in [2.24, 2.45) is 0 Å². The van der Waals surface area contributed by atoms with Crippen molar-refractivity contribution in [1.29, 1.82) is 0 Å². The van der Waals surface area contributed by atoms with Gasteiger partial charge in [0, 0.05) is 6.42 Å². The highest BCUT2D eigenvalue weighted by atomic mass is 19.4. The van der Waals surface area contributed by atoms with E-state index in [2.05, 4.69) is 20.7 Å². The number of fused-ring (bicyclic) bond motifs is 1. The lowest BCUT2D eigenvalue weighted by molar-refractivity contribution is -0.173. The number of amides is 1. The van der Waals surface area contributed by atoms with E-state index in [1.807, 2.05) is 19.1 Å². The summed E-state index contributed by atoms with van der Waals surface area (Å²) >= 11 is 0. The SMILES string of the molecule is CCc1ccc(C2CC(C(F)(F)F)n3ncc(C(=O)NCc4ccc(F)c(C)n4)c3N2)cc1. The first-order valence-corrected chi connectivity index (χ1v) is 10.6. The molecule has 2 aromatic heterocycles. The summed E-state index contributed by atoms with van der Waals surface area (Å²) in [5, 5.41) is 9.56. The zero-order valence-corrected chi connectivity index (χ0v) is 18.1.